The van der Waals surface area contributed by atoms with Gasteiger partial charge in [-0.25, -0.2) is 14.6 Å². The third-order valence-electron chi connectivity index (χ3n) is 2.96. The number of rotatable bonds is 2. The molecule has 2 atom stereocenters. The van der Waals surface area contributed by atoms with Crippen LogP contribution < -0.4 is 5.32 Å². The molecule has 2 heterocycles. The minimum Gasteiger partial charge on any atom is -0.476 e. The Morgan fingerprint density at radius 1 is 1.40 bits per heavy atom. The Kier molecular flexibility index (Phi) is 4.49. The SMILES string of the molecule is CC1CN(C(=O)Nc2cccnc2C(=O)O)CC(C)S1. The van der Waals surface area contributed by atoms with Crippen molar-refractivity contribution in [2.75, 3.05) is 18.4 Å². The van der Waals surface area contributed by atoms with E-state index >= 15 is 0 Å². The van der Waals surface area contributed by atoms with Crippen molar-refractivity contribution >= 4 is 29.4 Å². The van der Waals surface area contributed by atoms with E-state index in [4.69, 9.17) is 5.11 Å². The number of aromatic nitrogens is 1. The van der Waals surface area contributed by atoms with Gasteiger partial charge in [0.15, 0.2) is 5.69 Å². The van der Waals surface area contributed by atoms with Gasteiger partial charge in [0.05, 0.1) is 5.69 Å². The Morgan fingerprint density at radius 3 is 2.65 bits per heavy atom. The highest BCUT2D eigenvalue weighted by Gasteiger charge is 2.26. The highest BCUT2D eigenvalue weighted by molar-refractivity contribution is 8.00. The number of amides is 2. The Labute approximate surface area is 121 Å². The van der Waals surface area contributed by atoms with Crippen LogP contribution in [0.25, 0.3) is 0 Å². The summed E-state index contributed by atoms with van der Waals surface area (Å²) in [7, 11) is 0. The van der Waals surface area contributed by atoms with E-state index in [0.717, 1.165) is 0 Å². The summed E-state index contributed by atoms with van der Waals surface area (Å²) in [5.74, 6) is -1.16. The minimum atomic E-state index is -1.16. The Hall–Kier alpha value is -1.76. The molecule has 1 saturated heterocycles. The lowest BCUT2D eigenvalue weighted by Gasteiger charge is -2.34. The lowest BCUT2D eigenvalue weighted by molar-refractivity contribution is 0.0691. The van der Waals surface area contributed by atoms with Gasteiger partial charge in [-0.3, -0.25) is 0 Å². The van der Waals surface area contributed by atoms with Crippen molar-refractivity contribution in [2.24, 2.45) is 0 Å². The van der Waals surface area contributed by atoms with E-state index in [0.29, 0.717) is 23.6 Å². The first kappa shape index (κ1) is 14.6. The normalized spacial score (nSPS) is 22.4. The molecule has 1 aliphatic heterocycles. The minimum absolute atomic E-state index is 0.145. The van der Waals surface area contributed by atoms with Gasteiger partial charge in [-0.1, -0.05) is 13.8 Å². The lowest BCUT2D eigenvalue weighted by Crippen LogP contribution is -2.46. The summed E-state index contributed by atoms with van der Waals surface area (Å²) in [4.78, 5) is 28.8. The van der Waals surface area contributed by atoms with Crippen LogP contribution in [0.15, 0.2) is 18.3 Å². The number of carboxylic acid groups (broad SMARTS) is 1. The number of thioether (sulfide) groups is 1. The number of carbonyl (C=O) groups excluding carboxylic acids is 1. The number of anilines is 1. The molecule has 0 radical (unpaired) electrons. The lowest BCUT2D eigenvalue weighted by atomic mass is 10.3. The molecule has 1 fully saturated rings. The smallest absolute Gasteiger partial charge is 0.356 e. The second-order valence-electron chi connectivity index (χ2n) is 4.80. The summed E-state index contributed by atoms with van der Waals surface area (Å²) < 4.78 is 0. The summed E-state index contributed by atoms with van der Waals surface area (Å²) in [5, 5.41) is 12.4. The molecule has 0 aromatic carbocycles. The molecule has 108 valence electrons. The number of pyridine rings is 1. The zero-order valence-corrected chi connectivity index (χ0v) is 12.2. The molecule has 2 rings (SSSR count). The van der Waals surface area contributed by atoms with Crippen molar-refractivity contribution in [1.82, 2.24) is 9.88 Å². The van der Waals surface area contributed by atoms with E-state index in [1.54, 1.807) is 17.0 Å². The van der Waals surface area contributed by atoms with Crippen LogP contribution in [0, 0.1) is 0 Å². The van der Waals surface area contributed by atoms with Crippen LogP contribution in [0.4, 0.5) is 10.5 Å². The summed E-state index contributed by atoms with van der Waals surface area (Å²) in [6, 6.07) is 2.86. The van der Waals surface area contributed by atoms with Crippen molar-refractivity contribution < 1.29 is 14.7 Å². The largest absolute Gasteiger partial charge is 0.476 e. The van der Waals surface area contributed by atoms with Gasteiger partial charge < -0.3 is 15.3 Å². The van der Waals surface area contributed by atoms with Crippen molar-refractivity contribution in [1.29, 1.82) is 0 Å². The van der Waals surface area contributed by atoms with Crippen LogP contribution in [0.2, 0.25) is 0 Å². The first-order valence-electron chi connectivity index (χ1n) is 6.37. The van der Waals surface area contributed by atoms with Crippen LogP contribution in [-0.4, -0.2) is 50.6 Å². The van der Waals surface area contributed by atoms with Gasteiger partial charge in [-0.05, 0) is 12.1 Å². The Balaban J connectivity index is 2.10. The zero-order valence-electron chi connectivity index (χ0n) is 11.4. The van der Waals surface area contributed by atoms with E-state index in [1.165, 1.54) is 6.20 Å². The summed E-state index contributed by atoms with van der Waals surface area (Å²) in [6.07, 6.45) is 1.39. The molecule has 2 unspecified atom stereocenters. The van der Waals surface area contributed by atoms with Gasteiger partial charge in [0, 0.05) is 29.8 Å². The summed E-state index contributed by atoms with van der Waals surface area (Å²) in [5.41, 5.74) is 0.0804. The van der Waals surface area contributed by atoms with E-state index in [-0.39, 0.29) is 17.4 Å². The van der Waals surface area contributed by atoms with Crippen LogP contribution >= 0.6 is 11.8 Å². The molecule has 0 spiro atoms. The molecule has 7 heteroatoms. The number of carboxylic acids is 1. The number of nitrogens with zero attached hydrogens (tertiary/aromatic N) is 2. The van der Waals surface area contributed by atoms with E-state index in [2.05, 4.69) is 24.1 Å². The average Bonchev–Trinajstić information content (AvgIpc) is 2.37. The molecule has 2 N–H and O–H groups in total. The molecule has 0 saturated carbocycles. The van der Waals surface area contributed by atoms with Crippen molar-refractivity contribution in [2.45, 2.75) is 24.3 Å². The van der Waals surface area contributed by atoms with E-state index < -0.39 is 5.97 Å². The van der Waals surface area contributed by atoms with Crippen LogP contribution in [0.5, 0.6) is 0 Å². The number of hydrogen-bond donors (Lipinski definition) is 2. The molecule has 0 aliphatic carbocycles. The van der Waals surface area contributed by atoms with Crippen LogP contribution in [-0.2, 0) is 0 Å². The third-order valence-corrected chi connectivity index (χ3v) is 4.19. The first-order chi connectivity index (χ1) is 9.47. The van der Waals surface area contributed by atoms with E-state index in [1.807, 2.05) is 11.8 Å². The molecular formula is C13H17N3O3S. The van der Waals surface area contributed by atoms with E-state index in [9.17, 15) is 9.59 Å². The molecule has 1 aromatic rings. The maximum atomic E-state index is 12.2. The van der Waals surface area contributed by atoms with Gasteiger partial charge in [-0.15, -0.1) is 0 Å². The fourth-order valence-electron chi connectivity index (χ4n) is 2.21. The van der Waals surface area contributed by atoms with Crippen molar-refractivity contribution in [3.63, 3.8) is 0 Å². The standard InChI is InChI=1S/C13H17N3O3S/c1-8-6-16(7-9(2)20-8)13(19)15-10-4-3-5-14-11(10)12(17)18/h3-5,8-9H,6-7H2,1-2H3,(H,15,19)(H,17,18). The number of nitrogens with one attached hydrogen (secondary N) is 1. The number of carbonyl (C=O) groups is 2. The quantitative estimate of drug-likeness (QED) is 0.873. The van der Waals surface area contributed by atoms with Gasteiger partial charge in [0.2, 0.25) is 0 Å². The molecule has 1 aliphatic rings. The topological polar surface area (TPSA) is 82.5 Å². The zero-order chi connectivity index (χ0) is 14.7. The Morgan fingerprint density at radius 2 is 2.05 bits per heavy atom. The van der Waals surface area contributed by atoms with Gasteiger partial charge >= 0.3 is 12.0 Å². The monoisotopic (exact) mass is 295 g/mol. The average molecular weight is 295 g/mol. The molecule has 6 nitrogen and oxygen atoms in total. The highest BCUT2D eigenvalue weighted by Crippen LogP contribution is 2.25. The molecule has 20 heavy (non-hydrogen) atoms. The molecule has 1 aromatic heterocycles. The number of urea groups is 1. The van der Waals surface area contributed by atoms with Crippen molar-refractivity contribution in [3.05, 3.63) is 24.0 Å². The molecule has 2 amide bonds. The second kappa shape index (κ2) is 6.13. The summed E-state index contributed by atoms with van der Waals surface area (Å²) in [6.45, 7) is 5.47. The number of aromatic carboxylic acids is 1. The van der Waals surface area contributed by atoms with Crippen molar-refractivity contribution in [3.8, 4) is 0 Å². The van der Waals surface area contributed by atoms with Gasteiger partial charge in [0.1, 0.15) is 0 Å². The van der Waals surface area contributed by atoms with Gasteiger partial charge in [0.25, 0.3) is 0 Å². The molecular weight excluding hydrogens is 278 g/mol. The second-order valence-corrected chi connectivity index (χ2v) is 6.68. The third kappa shape index (κ3) is 3.41. The fraction of sp³-hybridized carbons (Fsp3) is 0.462. The maximum absolute atomic E-state index is 12.2. The first-order valence-corrected chi connectivity index (χ1v) is 7.31. The maximum Gasteiger partial charge on any atom is 0.356 e. The molecule has 0 bridgehead atoms. The number of hydrogen-bond acceptors (Lipinski definition) is 4. The van der Waals surface area contributed by atoms with Gasteiger partial charge in [-0.2, -0.15) is 11.8 Å². The Bertz CT molecular complexity index is 513. The summed E-state index contributed by atoms with van der Waals surface area (Å²) >= 11 is 1.85. The predicted molar refractivity (Wildman–Crippen MR) is 78.3 cm³/mol. The predicted octanol–water partition coefficient (Wildman–Crippen LogP) is 2.14. The van der Waals surface area contributed by atoms with Crippen LogP contribution in [0.1, 0.15) is 24.3 Å². The van der Waals surface area contributed by atoms with Crippen LogP contribution in [0.3, 0.4) is 0 Å². The fourth-order valence-corrected chi connectivity index (χ4v) is 3.54. The highest BCUT2D eigenvalue weighted by atomic mass is 32.2.